The quantitative estimate of drug-likeness (QED) is 0.884. The molecule has 0 aliphatic rings. The van der Waals surface area contributed by atoms with Gasteiger partial charge in [0.15, 0.2) is 0 Å². The van der Waals surface area contributed by atoms with Crippen LogP contribution in [0.1, 0.15) is 18.5 Å². The Hall–Kier alpha value is -2.00. The lowest BCUT2D eigenvalue weighted by molar-refractivity contribution is 0.412. The van der Waals surface area contributed by atoms with Crippen LogP contribution in [0.5, 0.6) is 17.2 Å². The summed E-state index contributed by atoms with van der Waals surface area (Å²) in [5.74, 6) is 2.50. The third-order valence-corrected chi connectivity index (χ3v) is 3.11. The first-order valence-corrected chi connectivity index (χ1v) is 6.32. The first-order chi connectivity index (χ1) is 9.24. The number of hydrogen-bond donors (Lipinski definition) is 1. The third kappa shape index (κ3) is 3.26. The lowest BCUT2D eigenvalue weighted by Crippen LogP contribution is -2.13. The first kappa shape index (κ1) is 13.4. The van der Waals surface area contributed by atoms with Crippen LogP contribution >= 0.6 is 0 Å². The smallest absolute Gasteiger partial charge is 0.132 e. The van der Waals surface area contributed by atoms with E-state index >= 15 is 0 Å². The summed E-state index contributed by atoms with van der Waals surface area (Å²) in [6.45, 7) is 2.11. The molecule has 0 aromatic heterocycles. The molecule has 0 amide bonds. The van der Waals surface area contributed by atoms with Gasteiger partial charge < -0.3 is 14.8 Å². The van der Waals surface area contributed by atoms with Crippen LogP contribution in [0.15, 0.2) is 48.5 Å². The van der Waals surface area contributed by atoms with E-state index < -0.39 is 0 Å². The topological polar surface area (TPSA) is 30.5 Å². The van der Waals surface area contributed by atoms with E-state index in [0.29, 0.717) is 0 Å². The molecule has 2 aromatic carbocycles. The zero-order valence-electron chi connectivity index (χ0n) is 11.5. The van der Waals surface area contributed by atoms with Crippen LogP contribution in [0.4, 0.5) is 0 Å². The molecular formula is C16H19NO2. The highest BCUT2D eigenvalue weighted by Gasteiger charge is 2.09. The Bertz CT molecular complexity index is 523. The van der Waals surface area contributed by atoms with Crippen LogP contribution in [-0.2, 0) is 0 Å². The summed E-state index contributed by atoms with van der Waals surface area (Å²) in [6.07, 6.45) is 0. The molecule has 0 radical (unpaired) electrons. The van der Waals surface area contributed by atoms with E-state index in [2.05, 4.69) is 18.3 Å². The zero-order chi connectivity index (χ0) is 13.7. The fourth-order valence-electron chi connectivity index (χ4n) is 1.86. The Morgan fingerprint density at radius 1 is 0.947 bits per heavy atom. The molecule has 0 aliphatic carbocycles. The summed E-state index contributed by atoms with van der Waals surface area (Å²) in [7, 11) is 3.59. The minimum Gasteiger partial charge on any atom is -0.497 e. The standard InChI is InChI=1S/C16H19NO2/c1-12(17-2)15-6-4-5-7-16(15)19-14-10-8-13(18-3)9-11-14/h4-12,17H,1-3H3. The summed E-state index contributed by atoms with van der Waals surface area (Å²) in [4.78, 5) is 0. The summed E-state index contributed by atoms with van der Waals surface area (Å²) >= 11 is 0. The van der Waals surface area contributed by atoms with E-state index in [4.69, 9.17) is 9.47 Å². The molecule has 0 spiro atoms. The second-order valence-corrected chi connectivity index (χ2v) is 4.33. The van der Waals surface area contributed by atoms with Gasteiger partial charge in [0.05, 0.1) is 7.11 Å². The molecule has 0 saturated carbocycles. The van der Waals surface area contributed by atoms with Crippen molar-refractivity contribution in [2.45, 2.75) is 13.0 Å². The highest BCUT2D eigenvalue weighted by molar-refractivity contribution is 5.40. The highest BCUT2D eigenvalue weighted by atomic mass is 16.5. The van der Waals surface area contributed by atoms with Crippen molar-refractivity contribution in [2.24, 2.45) is 0 Å². The largest absolute Gasteiger partial charge is 0.497 e. The minimum atomic E-state index is 0.245. The van der Waals surface area contributed by atoms with Crippen LogP contribution in [-0.4, -0.2) is 14.2 Å². The molecule has 0 heterocycles. The summed E-state index contributed by atoms with van der Waals surface area (Å²) < 4.78 is 11.1. The molecule has 0 saturated heterocycles. The van der Waals surface area contributed by atoms with Crippen molar-refractivity contribution in [3.63, 3.8) is 0 Å². The molecule has 1 N–H and O–H groups in total. The van der Waals surface area contributed by atoms with Crippen molar-refractivity contribution in [3.05, 3.63) is 54.1 Å². The predicted molar refractivity (Wildman–Crippen MR) is 77.0 cm³/mol. The Balaban J connectivity index is 2.22. The maximum absolute atomic E-state index is 5.94. The maximum atomic E-state index is 5.94. The van der Waals surface area contributed by atoms with Gasteiger partial charge in [-0.05, 0) is 44.3 Å². The predicted octanol–water partition coefficient (Wildman–Crippen LogP) is 3.77. The van der Waals surface area contributed by atoms with Crippen molar-refractivity contribution < 1.29 is 9.47 Å². The molecule has 2 aromatic rings. The van der Waals surface area contributed by atoms with Gasteiger partial charge in [-0.1, -0.05) is 18.2 Å². The first-order valence-electron chi connectivity index (χ1n) is 6.32. The summed E-state index contributed by atoms with van der Waals surface area (Å²) in [5, 5.41) is 3.23. The average Bonchev–Trinajstić information content (AvgIpc) is 2.48. The number of benzene rings is 2. The van der Waals surface area contributed by atoms with Gasteiger partial charge in [-0.15, -0.1) is 0 Å². The Kier molecular flexibility index (Phi) is 4.42. The Morgan fingerprint density at radius 3 is 2.21 bits per heavy atom. The van der Waals surface area contributed by atoms with Crippen molar-refractivity contribution in [2.75, 3.05) is 14.2 Å². The fraction of sp³-hybridized carbons (Fsp3) is 0.250. The van der Waals surface area contributed by atoms with Crippen LogP contribution < -0.4 is 14.8 Å². The summed E-state index contributed by atoms with van der Waals surface area (Å²) in [6, 6.07) is 15.9. The molecule has 19 heavy (non-hydrogen) atoms. The van der Waals surface area contributed by atoms with E-state index in [9.17, 15) is 0 Å². The molecule has 100 valence electrons. The Labute approximate surface area is 114 Å². The average molecular weight is 257 g/mol. The molecule has 3 nitrogen and oxygen atoms in total. The maximum Gasteiger partial charge on any atom is 0.132 e. The lowest BCUT2D eigenvalue weighted by atomic mass is 10.1. The van der Waals surface area contributed by atoms with Crippen molar-refractivity contribution in [1.82, 2.24) is 5.32 Å². The Morgan fingerprint density at radius 2 is 1.58 bits per heavy atom. The highest BCUT2D eigenvalue weighted by Crippen LogP contribution is 2.30. The molecule has 2 rings (SSSR count). The van der Waals surface area contributed by atoms with Gasteiger partial charge in [0.1, 0.15) is 17.2 Å². The monoisotopic (exact) mass is 257 g/mol. The lowest BCUT2D eigenvalue weighted by Gasteiger charge is -2.16. The van der Waals surface area contributed by atoms with Crippen LogP contribution in [0, 0.1) is 0 Å². The number of ether oxygens (including phenoxy) is 2. The fourth-order valence-corrected chi connectivity index (χ4v) is 1.86. The zero-order valence-corrected chi connectivity index (χ0v) is 11.5. The van der Waals surface area contributed by atoms with Gasteiger partial charge >= 0.3 is 0 Å². The van der Waals surface area contributed by atoms with Gasteiger partial charge in [0.25, 0.3) is 0 Å². The number of rotatable bonds is 5. The van der Waals surface area contributed by atoms with E-state index in [0.717, 1.165) is 22.8 Å². The normalized spacial score (nSPS) is 11.9. The van der Waals surface area contributed by atoms with Gasteiger partial charge in [0.2, 0.25) is 0 Å². The van der Waals surface area contributed by atoms with Crippen molar-refractivity contribution in [1.29, 1.82) is 0 Å². The van der Waals surface area contributed by atoms with Gasteiger partial charge in [-0.2, -0.15) is 0 Å². The second-order valence-electron chi connectivity index (χ2n) is 4.33. The molecule has 1 atom stereocenters. The second kappa shape index (κ2) is 6.25. The van der Waals surface area contributed by atoms with Crippen molar-refractivity contribution in [3.8, 4) is 17.2 Å². The molecular weight excluding hydrogens is 238 g/mol. The SMILES string of the molecule is CNC(C)c1ccccc1Oc1ccc(OC)cc1. The summed E-state index contributed by atoms with van der Waals surface area (Å²) in [5.41, 5.74) is 1.14. The van der Waals surface area contributed by atoms with Crippen LogP contribution in [0.2, 0.25) is 0 Å². The third-order valence-electron chi connectivity index (χ3n) is 3.11. The van der Waals surface area contributed by atoms with Gasteiger partial charge in [-0.3, -0.25) is 0 Å². The van der Waals surface area contributed by atoms with Crippen LogP contribution in [0.25, 0.3) is 0 Å². The number of methoxy groups -OCH3 is 1. The van der Waals surface area contributed by atoms with E-state index in [-0.39, 0.29) is 6.04 Å². The number of nitrogens with one attached hydrogen (secondary N) is 1. The van der Waals surface area contributed by atoms with E-state index in [1.54, 1.807) is 7.11 Å². The van der Waals surface area contributed by atoms with Crippen LogP contribution in [0.3, 0.4) is 0 Å². The molecule has 3 heteroatoms. The van der Waals surface area contributed by atoms with E-state index in [1.165, 1.54) is 0 Å². The molecule has 0 aliphatic heterocycles. The molecule has 1 unspecified atom stereocenters. The van der Waals surface area contributed by atoms with Gasteiger partial charge in [-0.25, -0.2) is 0 Å². The van der Waals surface area contributed by atoms with Gasteiger partial charge in [0, 0.05) is 11.6 Å². The molecule has 0 fully saturated rings. The number of hydrogen-bond acceptors (Lipinski definition) is 3. The number of para-hydroxylation sites is 1. The minimum absolute atomic E-state index is 0.245. The van der Waals surface area contributed by atoms with E-state index in [1.807, 2.05) is 49.5 Å². The van der Waals surface area contributed by atoms with Crippen molar-refractivity contribution >= 4 is 0 Å². The molecule has 0 bridgehead atoms.